The third-order valence-electron chi connectivity index (χ3n) is 6.56. The van der Waals surface area contributed by atoms with Crippen LogP contribution in [0.5, 0.6) is 0 Å². The molecule has 2 nitrogen and oxygen atoms in total. The minimum absolute atomic E-state index is 0.407. The minimum atomic E-state index is -2.06. The highest BCUT2D eigenvalue weighted by Crippen LogP contribution is 2.71. The van der Waals surface area contributed by atoms with Gasteiger partial charge in [0.15, 0.2) is 0 Å². The van der Waals surface area contributed by atoms with Crippen molar-refractivity contribution in [1.82, 2.24) is 0 Å². The van der Waals surface area contributed by atoms with Gasteiger partial charge in [-0.05, 0) is 38.5 Å². The highest BCUT2D eigenvalue weighted by Gasteiger charge is 2.60. The monoisotopic (exact) mass is 296 g/mol. The van der Waals surface area contributed by atoms with Gasteiger partial charge in [0.25, 0.3) is 0 Å². The summed E-state index contributed by atoms with van der Waals surface area (Å²) < 4.78 is 20.1. The smallest absolute Gasteiger partial charge is 0.0991 e. The minimum Gasteiger partial charge on any atom is -0.369 e. The lowest BCUT2D eigenvalue weighted by Crippen LogP contribution is -2.31. The number of rotatable bonds is 3. The Labute approximate surface area is 123 Å². The molecule has 0 radical (unpaired) electrons. The van der Waals surface area contributed by atoms with Gasteiger partial charge in [0, 0.05) is 17.0 Å². The molecule has 1 aliphatic heterocycles. The van der Waals surface area contributed by atoms with Crippen molar-refractivity contribution in [3.63, 3.8) is 0 Å². The molecule has 3 atom stereocenters. The van der Waals surface area contributed by atoms with Gasteiger partial charge in [-0.3, -0.25) is 0 Å². The average Bonchev–Trinajstić information content (AvgIpc) is 3.18. The lowest BCUT2D eigenvalue weighted by atomic mass is 9.99. The maximum Gasteiger partial charge on any atom is 0.0991 e. The van der Waals surface area contributed by atoms with Gasteiger partial charge in [0.2, 0.25) is 0 Å². The van der Waals surface area contributed by atoms with Crippen LogP contribution in [0.3, 0.4) is 0 Å². The highest BCUT2D eigenvalue weighted by molar-refractivity contribution is 7.66. The molecule has 0 aromatic rings. The Balaban J connectivity index is 1.61. The van der Waals surface area contributed by atoms with Gasteiger partial charge >= 0.3 is 0 Å². The fourth-order valence-corrected chi connectivity index (χ4v) is 10.8. The third kappa shape index (κ3) is 2.22. The molecule has 20 heavy (non-hydrogen) atoms. The van der Waals surface area contributed by atoms with Crippen LogP contribution < -0.4 is 0 Å². The van der Waals surface area contributed by atoms with Crippen LogP contribution in [-0.2, 0) is 9.30 Å². The van der Waals surface area contributed by atoms with Crippen LogP contribution in [0.1, 0.15) is 77.0 Å². The predicted octanol–water partition coefficient (Wildman–Crippen LogP) is 4.94. The van der Waals surface area contributed by atoms with E-state index in [1.165, 1.54) is 77.0 Å². The molecule has 4 aliphatic rings. The van der Waals surface area contributed by atoms with Crippen LogP contribution in [0, 0.1) is 0 Å². The van der Waals surface area contributed by atoms with Crippen molar-refractivity contribution in [2.45, 2.75) is 106 Å². The Kier molecular flexibility index (Phi) is 3.75. The molecule has 3 saturated carbocycles. The quantitative estimate of drug-likeness (QED) is 0.545. The zero-order valence-electron chi connectivity index (χ0n) is 12.6. The Hall–Kier alpha value is 0.190. The SMILES string of the molecule is O=P(C1CCCCC1)(C1CCCCC1)[C@@H]1CC[C@@H]2O[C@@H]21. The molecule has 0 aromatic carbocycles. The molecule has 114 valence electrons. The normalized spacial score (nSPS) is 39.7. The Morgan fingerprint density at radius 2 is 1.25 bits per heavy atom. The summed E-state index contributed by atoms with van der Waals surface area (Å²) in [4.78, 5) is 0. The molecule has 0 amide bonds. The van der Waals surface area contributed by atoms with Crippen LogP contribution in [0.4, 0.5) is 0 Å². The van der Waals surface area contributed by atoms with Gasteiger partial charge < -0.3 is 9.30 Å². The summed E-state index contributed by atoms with van der Waals surface area (Å²) in [6, 6.07) is 0. The molecule has 0 aromatic heterocycles. The molecule has 0 spiro atoms. The van der Waals surface area contributed by atoms with Crippen molar-refractivity contribution in [2.75, 3.05) is 0 Å². The van der Waals surface area contributed by atoms with E-state index in [4.69, 9.17) is 4.74 Å². The highest BCUT2D eigenvalue weighted by atomic mass is 31.2. The molecule has 4 fully saturated rings. The van der Waals surface area contributed by atoms with Crippen molar-refractivity contribution < 1.29 is 9.30 Å². The zero-order chi connectivity index (χ0) is 13.6. The average molecular weight is 296 g/mol. The molecule has 1 saturated heterocycles. The lowest BCUT2D eigenvalue weighted by Gasteiger charge is -2.41. The Morgan fingerprint density at radius 1 is 0.700 bits per heavy atom. The first-order valence-corrected chi connectivity index (χ1v) is 11.0. The Bertz CT molecular complexity index is 374. The molecule has 4 rings (SSSR count). The standard InChI is InChI=1S/C17H29O2P/c18-20(13-7-3-1-4-8-13,14-9-5-2-6-10-14)16-12-11-15-17(16)19-15/h13-17H,1-12H2/t15-,16+,17-/m0/s1. The molecule has 3 aliphatic carbocycles. The summed E-state index contributed by atoms with van der Waals surface area (Å²) in [7, 11) is -2.06. The molecule has 1 heterocycles. The number of epoxide rings is 1. The van der Waals surface area contributed by atoms with Gasteiger partial charge in [-0.1, -0.05) is 38.5 Å². The van der Waals surface area contributed by atoms with E-state index in [1.54, 1.807) is 0 Å². The van der Waals surface area contributed by atoms with Crippen molar-refractivity contribution in [1.29, 1.82) is 0 Å². The number of hydrogen-bond donors (Lipinski definition) is 0. The summed E-state index contributed by atoms with van der Waals surface area (Å²) >= 11 is 0. The molecular formula is C17H29O2P. The van der Waals surface area contributed by atoms with Crippen LogP contribution in [0.2, 0.25) is 0 Å². The van der Waals surface area contributed by atoms with E-state index >= 15 is 0 Å². The van der Waals surface area contributed by atoms with E-state index in [1.807, 2.05) is 0 Å². The van der Waals surface area contributed by atoms with Crippen molar-refractivity contribution in [2.24, 2.45) is 0 Å². The van der Waals surface area contributed by atoms with Gasteiger partial charge in [-0.15, -0.1) is 0 Å². The first-order chi connectivity index (χ1) is 9.80. The second-order valence-corrected chi connectivity index (χ2v) is 11.3. The van der Waals surface area contributed by atoms with E-state index in [2.05, 4.69) is 0 Å². The van der Waals surface area contributed by atoms with Crippen LogP contribution in [-0.4, -0.2) is 29.2 Å². The fraction of sp³-hybridized carbons (Fsp3) is 1.00. The first-order valence-electron chi connectivity index (χ1n) is 9.04. The summed E-state index contributed by atoms with van der Waals surface area (Å²) in [5, 5.41) is 0. The van der Waals surface area contributed by atoms with Crippen LogP contribution in [0.25, 0.3) is 0 Å². The van der Waals surface area contributed by atoms with Crippen molar-refractivity contribution in [3.8, 4) is 0 Å². The first kappa shape index (κ1) is 13.8. The molecule has 0 unspecified atom stereocenters. The van der Waals surface area contributed by atoms with Crippen molar-refractivity contribution in [3.05, 3.63) is 0 Å². The number of fused-ring (bicyclic) bond motifs is 1. The largest absolute Gasteiger partial charge is 0.369 e. The zero-order valence-corrected chi connectivity index (χ0v) is 13.5. The summed E-state index contributed by atoms with van der Waals surface area (Å²) in [5.74, 6) is 0. The second-order valence-electron chi connectivity index (χ2n) is 7.63. The lowest BCUT2D eigenvalue weighted by molar-refractivity contribution is 0.317. The maximum absolute atomic E-state index is 14.3. The summed E-state index contributed by atoms with van der Waals surface area (Å²) in [6.45, 7) is 0. The molecule has 0 N–H and O–H groups in total. The molecule has 3 heteroatoms. The van der Waals surface area contributed by atoms with E-state index in [9.17, 15) is 4.57 Å². The summed E-state index contributed by atoms with van der Waals surface area (Å²) in [5.41, 5.74) is 1.58. The van der Waals surface area contributed by atoms with Gasteiger partial charge in [-0.25, -0.2) is 0 Å². The van der Waals surface area contributed by atoms with Gasteiger partial charge in [-0.2, -0.15) is 0 Å². The maximum atomic E-state index is 14.3. The number of hydrogen-bond acceptors (Lipinski definition) is 2. The van der Waals surface area contributed by atoms with Crippen molar-refractivity contribution >= 4 is 7.14 Å². The van der Waals surface area contributed by atoms with Crippen LogP contribution in [0.15, 0.2) is 0 Å². The summed E-state index contributed by atoms with van der Waals surface area (Å²) in [6.07, 6.45) is 16.3. The third-order valence-corrected chi connectivity index (χ3v) is 11.5. The van der Waals surface area contributed by atoms with Gasteiger partial charge in [0.1, 0.15) is 0 Å². The topological polar surface area (TPSA) is 29.6 Å². The fourth-order valence-electron chi connectivity index (χ4n) is 5.47. The molecule has 0 bridgehead atoms. The second kappa shape index (κ2) is 5.43. The number of ether oxygens (including phenoxy) is 1. The van der Waals surface area contributed by atoms with Gasteiger partial charge in [0.05, 0.1) is 19.3 Å². The molecular weight excluding hydrogens is 267 g/mol. The Morgan fingerprint density at radius 3 is 1.65 bits per heavy atom. The van der Waals surface area contributed by atoms with E-state index in [-0.39, 0.29) is 0 Å². The van der Waals surface area contributed by atoms with E-state index in [0.717, 1.165) is 0 Å². The predicted molar refractivity (Wildman–Crippen MR) is 83.0 cm³/mol. The van der Waals surface area contributed by atoms with E-state index in [0.29, 0.717) is 29.2 Å². The van der Waals surface area contributed by atoms with E-state index < -0.39 is 7.14 Å². The van der Waals surface area contributed by atoms with Crippen LogP contribution >= 0.6 is 7.14 Å².